The first kappa shape index (κ1) is 13.1. The van der Waals surface area contributed by atoms with Gasteiger partial charge in [-0.25, -0.2) is 0 Å². The molecule has 2 aromatic rings. The molecule has 19 heavy (non-hydrogen) atoms. The summed E-state index contributed by atoms with van der Waals surface area (Å²) >= 11 is 5.35. The monoisotopic (exact) mass is 340 g/mol. The van der Waals surface area contributed by atoms with E-state index in [4.69, 9.17) is 4.52 Å². The van der Waals surface area contributed by atoms with Crippen molar-refractivity contribution in [1.82, 2.24) is 20.4 Å². The molecule has 5 nitrogen and oxygen atoms in total. The van der Waals surface area contributed by atoms with Gasteiger partial charge in [0.2, 0.25) is 11.7 Å². The van der Waals surface area contributed by atoms with Crippen LogP contribution in [0.1, 0.15) is 11.8 Å². The molecule has 3 heterocycles. The molecule has 1 fully saturated rings. The molecule has 0 radical (unpaired) electrons. The predicted molar refractivity (Wildman–Crippen MR) is 78.1 cm³/mol. The Balaban J connectivity index is 1.90. The average Bonchev–Trinajstić information content (AvgIpc) is 3.07. The van der Waals surface area contributed by atoms with E-state index in [1.54, 1.807) is 6.20 Å². The summed E-state index contributed by atoms with van der Waals surface area (Å²) in [7, 11) is 1.97. The zero-order valence-electron chi connectivity index (χ0n) is 10.3. The lowest BCUT2D eigenvalue weighted by Gasteiger charge is -2.13. The van der Waals surface area contributed by atoms with Crippen molar-refractivity contribution in [3.63, 3.8) is 0 Å². The van der Waals surface area contributed by atoms with Gasteiger partial charge in [-0.05, 0) is 35.1 Å². The van der Waals surface area contributed by atoms with Crippen molar-refractivity contribution in [2.45, 2.75) is 12.0 Å². The first-order valence-corrected chi connectivity index (χ1v) is 7.94. The number of likely N-dealkylation sites (N-methyl/N-ethyl adjacent to an activating group) is 1. The van der Waals surface area contributed by atoms with E-state index in [1.165, 1.54) is 0 Å². The molecule has 3 rings (SSSR count). The summed E-state index contributed by atoms with van der Waals surface area (Å²) in [6.07, 6.45) is 1.72. The number of halogens is 1. The molecule has 0 aliphatic carbocycles. The van der Waals surface area contributed by atoms with E-state index < -0.39 is 0 Å². The van der Waals surface area contributed by atoms with Gasteiger partial charge in [-0.15, -0.1) is 0 Å². The zero-order valence-corrected chi connectivity index (χ0v) is 12.7. The van der Waals surface area contributed by atoms with Crippen LogP contribution in [-0.4, -0.2) is 39.7 Å². The van der Waals surface area contributed by atoms with E-state index in [0.29, 0.717) is 23.5 Å². The fourth-order valence-electron chi connectivity index (χ4n) is 2.11. The van der Waals surface area contributed by atoms with Crippen LogP contribution in [0.4, 0.5) is 0 Å². The van der Waals surface area contributed by atoms with Gasteiger partial charge >= 0.3 is 0 Å². The molecule has 0 spiro atoms. The van der Waals surface area contributed by atoms with Crippen molar-refractivity contribution in [2.24, 2.45) is 0 Å². The summed E-state index contributed by atoms with van der Waals surface area (Å²) < 4.78 is 6.28. The molecule has 1 aliphatic rings. The minimum absolute atomic E-state index is 0.277. The maximum atomic E-state index is 5.41. The number of hydrogen-bond acceptors (Lipinski definition) is 6. The topological polar surface area (TPSA) is 63.8 Å². The van der Waals surface area contributed by atoms with Crippen LogP contribution in [0.2, 0.25) is 0 Å². The summed E-state index contributed by atoms with van der Waals surface area (Å²) in [6.45, 7) is 0. The molecule has 2 aromatic heterocycles. The lowest BCUT2D eigenvalue weighted by atomic mass is 10.0. The summed E-state index contributed by atoms with van der Waals surface area (Å²) in [4.78, 5) is 8.77. The Labute approximate surface area is 123 Å². The molecule has 1 N–H and O–H groups in total. The molecule has 0 bridgehead atoms. The van der Waals surface area contributed by atoms with Gasteiger partial charge in [0.1, 0.15) is 5.69 Å². The molecule has 1 aliphatic heterocycles. The van der Waals surface area contributed by atoms with Crippen LogP contribution in [-0.2, 0) is 0 Å². The highest BCUT2D eigenvalue weighted by Crippen LogP contribution is 2.33. The molecular weight excluding hydrogens is 328 g/mol. The van der Waals surface area contributed by atoms with Crippen molar-refractivity contribution in [3.05, 3.63) is 28.7 Å². The van der Waals surface area contributed by atoms with Gasteiger partial charge in [0.25, 0.3) is 0 Å². The second-order valence-electron chi connectivity index (χ2n) is 4.33. The van der Waals surface area contributed by atoms with Gasteiger partial charge in [-0.1, -0.05) is 5.16 Å². The first-order valence-electron chi connectivity index (χ1n) is 5.99. The normalized spacial score (nSPS) is 22.8. The van der Waals surface area contributed by atoms with E-state index in [1.807, 2.05) is 30.9 Å². The standard InChI is InChI=1S/C12H13BrN4OS/c1-14-9-6-19-5-7(9)12-16-11(17-18-12)10-8(13)3-2-4-15-10/h2-4,7,9,14H,5-6H2,1H3. The Morgan fingerprint density at radius 1 is 1.47 bits per heavy atom. The van der Waals surface area contributed by atoms with Gasteiger partial charge in [-0.3, -0.25) is 4.98 Å². The smallest absolute Gasteiger partial charge is 0.232 e. The number of nitrogens with one attached hydrogen (secondary N) is 1. The number of rotatable bonds is 3. The van der Waals surface area contributed by atoms with E-state index in [9.17, 15) is 0 Å². The third-order valence-electron chi connectivity index (χ3n) is 3.18. The molecule has 0 aromatic carbocycles. The van der Waals surface area contributed by atoms with Gasteiger partial charge in [0.15, 0.2) is 0 Å². The highest BCUT2D eigenvalue weighted by molar-refractivity contribution is 9.10. The number of aromatic nitrogens is 3. The molecule has 2 unspecified atom stereocenters. The minimum Gasteiger partial charge on any atom is -0.339 e. The van der Waals surface area contributed by atoms with Crippen LogP contribution >= 0.6 is 27.7 Å². The molecule has 2 atom stereocenters. The first-order chi connectivity index (χ1) is 9.29. The second-order valence-corrected chi connectivity index (χ2v) is 6.26. The van der Waals surface area contributed by atoms with Gasteiger partial charge < -0.3 is 9.84 Å². The Morgan fingerprint density at radius 2 is 2.37 bits per heavy atom. The lowest BCUT2D eigenvalue weighted by molar-refractivity contribution is 0.344. The van der Waals surface area contributed by atoms with Crippen molar-refractivity contribution in [3.8, 4) is 11.5 Å². The molecule has 0 amide bonds. The summed E-state index contributed by atoms with van der Waals surface area (Å²) in [5, 5.41) is 7.34. The van der Waals surface area contributed by atoms with Crippen LogP contribution in [0.5, 0.6) is 0 Å². The van der Waals surface area contributed by atoms with Crippen LogP contribution in [0.25, 0.3) is 11.5 Å². The van der Waals surface area contributed by atoms with Gasteiger partial charge in [-0.2, -0.15) is 16.7 Å². The fourth-order valence-corrected chi connectivity index (χ4v) is 3.96. The maximum Gasteiger partial charge on any atom is 0.232 e. The Kier molecular flexibility index (Phi) is 3.86. The third-order valence-corrected chi connectivity index (χ3v) is 5.01. The van der Waals surface area contributed by atoms with Crippen molar-refractivity contribution in [1.29, 1.82) is 0 Å². The van der Waals surface area contributed by atoms with E-state index in [2.05, 4.69) is 36.4 Å². The van der Waals surface area contributed by atoms with E-state index in [-0.39, 0.29) is 5.92 Å². The Morgan fingerprint density at radius 3 is 3.16 bits per heavy atom. The van der Waals surface area contributed by atoms with E-state index in [0.717, 1.165) is 16.0 Å². The molecule has 7 heteroatoms. The third kappa shape index (κ3) is 2.54. The molecule has 0 saturated carbocycles. The van der Waals surface area contributed by atoms with Crippen molar-refractivity contribution < 1.29 is 4.52 Å². The quantitative estimate of drug-likeness (QED) is 0.924. The highest BCUT2D eigenvalue weighted by Gasteiger charge is 2.32. The minimum atomic E-state index is 0.277. The summed E-state index contributed by atoms with van der Waals surface area (Å²) in [6, 6.07) is 4.17. The van der Waals surface area contributed by atoms with E-state index >= 15 is 0 Å². The van der Waals surface area contributed by atoms with Crippen molar-refractivity contribution in [2.75, 3.05) is 18.6 Å². The number of thioether (sulfide) groups is 1. The molecule has 100 valence electrons. The average molecular weight is 341 g/mol. The summed E-state index contributed by atoms with van der Waals surface area (Å²) in [5.74, 6) is 3.59. The predicted octanol–water partition coefficient (Wildman–Crippen LogP) is 2.31. The number of hydrogen-bond donors (Lipinski definition) is 1. The Bertz CT molecular complexity index is 576. The lowest BCUT2D eigenvalue weighted by Crippen LogP contribution is -2.31. The molecule has 1 saturated heterocycles. The summed E-state index contributed by atoms with van der Waals surface area (Å²) in [5.41, 5.74) is 0.712. The Hall–Kier alpha value is -0.920. The number of pyridine rings is 1. The highest BCUT2D eigenvalue weighted by atomic mass is 79.9. The van der Waals surface area contributed by atoms with Gasteiger partial charge in [0.05, 0.1) is 5.92 Å². The van der Waals surface area contributed by atoms with Crippen LogP contribution in [0.3, 0.4) is 0 Å². The van der Waals surface area contributed by atoms with Crippen LogP contribution < -0.4 is 5.32 Å². The molecular formula is C12H13BrN4OS. The SMILES string of the molecule is CNC1CSCC1c1nc(-c2ncccc2Br)no1. The van der Waals surface area contributed by atoms with Crippen LogP contribution in [0, 0.1) is 0 Å². The second kappa shape index (κ2) is 5.60. The van der Waals surface area contributed by atoms with Crippen LogP contribution in [0.15, 0.2) is 27.3 Å². The van der Waals surface area contributed by atoms with Gasteiger partial charge in [0, 0.05) is 28.2 Å². The van der Waals surface area contributed by atoms with Crippen molar-refractivity contribution >= 4 is 27.7 Å². The fraction of sp³-hybridized carbons (Fsp3) is 0.417. The maximum absolute atomic E-state index is 5.41. The number of nitrogens with zero attached hydrogens (tertiary/aromatic N) is 3. The zero-order chi connectivity index (χ0) is 13.2. The largest absolute Gasteiger partial charge is 0.339 e.